The lowest BCUT2D eigenvalue weighted by atomic mass is 10.2. The fourth-order valence-electron chi connectivity index (χ4n) is 3.61. The van der Waals surface area contributed by atoms with Crippen molar-refractivity contribution in [1.29, 1.82) is 0 Å². The van der Waals surface area contributed by atoms with Gasteiger partial charge in [0, 0.05) is 54.4 Å². The quantitative estimate of drug-likeness (QED) is 0.313. The molecule has 0 aliphatic carbocycles. The molecule has 10 heteroatoms. The summed E-state index contributed by atoms with van der Waals surface area (Å²) in [5, 5.41) is 14.2. The topological polar surface area (TPSA) is 75.9 Å². The van der Waals surface area contributed by atoms with Crippen LogP contribution >= 0.6 is 34.5 Å². The number of ether oxygens (including phenoxy) is 1. The van der Waals surface area contributed by atoms with Gasteiger partial charge in [-0.3, -0.25) is 19.8 Å². The van der Waals surface area contributed by atoms with Gasteiger partial charge >= 0.3 is 5.69 Å². The van der Waals surface area contributed by atoms with Crippen molar-refractivity contribution in [3.63, 3.8) is 0 Å². The van der Waals surface area contributed by atoms with Crippen LogP contribution in [0.4, 0.5) is 5.69 Å². The molecule has 1 fully saturated rings. The summed E-state index contributed by atoms with van der Waals surface area (Å²) in [6.07, 6.45) is 0. The summed E-state index contributed by atoms with van der Waals surface area (Å²) in [5.41, 5.74) is 1.74. The second-order valence-electron chi connectivity index (χ2n) is 7.64. The summed E-state index contributed by atoms with van der Waals surface area (Å²) in [4.78, 5) is 28.3. The molecule has 0 bridgehead atoms. The van der Waals surface area contributed by atoms with E-state index in [1.807, 2.05) is 22.4 Å². The number of carbonyl (C=O) groups excluding carboxylic acids is 1. The van der Waals surface area contributed by atoms with Gasteiger partial charge in [0.05, 0.1) is 9.80 Å². The van der Waals surface area contributed by atoms with Gasteiger partial charge in [0.1, 0.15) is 6.61 Å². The Kier molecular flexibility index (Phi) is 7.49. The minimum atomic E-state index is -0.474. The number of piperazine rings is 1. The molecule has 1 aliphatic rings. The average Bonchev–Trinajstić information content (AvgIpc) is 3.29. The molecule has 0 saturated carbocycles. The van der Waals surface area contributed by atoms with E-state index in [2.05, 4.69) is 4.90 Å². The molecule has 2 heterocycles. The first-order valence-electron chi connectivity index (χ1n) is 10.3. The lowest BCUT2D eigenvalue weighted by Crippen LogP contribution is -2.48. The standard InChI is InChI=1S/C23H21Cl2N3O4S/c24-18-6-5-17(19(25)12-18)13-26-7-9-27(10-8-26)23(29)22-11-16(15-33-22)14-32-21-4-2-1-3-20(21)28(30)31/h1-6,11-12,15H,7-10,13-14H2. The van der Waals surface area contributed by atoms with Gasteiger partial charge in [-0.2, -0.15) is 0 Å². The van der Waals surface area contributed by atoms with Crippen LogP contribution in [0.5, 0.6) is 5.75 Å². The zero-order chi connectivity index (χ0) is 23.4. The van der Waals surface area contributed by atoms with E-state index in [-0.39, 0.29) is 24.0 Å². The number of para-hydroxylation sites is 2. The van der Waals surface area contributed by atoms with Crippen LogP contribution in [0.15, 0.2) is 53.9 Å². The van der Waals surface area contributed by atoms with E-state index < -0.39 is 4.92 Å². The van der Waals surface area contributed by atoms with Crippen LogP contribution in [0, 0.1) is 10.1 Å². The van der Waals surface area contributed by atoms with Crippen molar-refractivity contribution in [3.05, 3.63) is 90.1 Å². The molecule has 1 aliphatic heterocycles. The minimum absolute atomic E-state index is 0.0129. The number of carbonyl (C=O) groups is 1. The number of benzene rings is 2. The van der Waals surface area contributed by atoms with Crippen molar-refractivity contribution in [1.82, 2.24) is 9.80 Å². The van der Waals surface area contributed by atoms with E-state index >= 15 is 0 Å². The van der Waals surface area contributed by atoms with Gasteiger partial charge in [-0.15, -0.1) is 11.3 Å². The molecular weight excluding hydrogens is 485 g/mol. The number of amides is 1. The zero-order valence-electron chi connectivity index (χ0n) is 17.6. The highest BCUT2D eigenvalue weighted by molar-refractivity contribution is 7.12. The van der Waals surface area contributed by atoms with E-state index in [1.54, 1.807) is 30.3 Å². The summed E-state index contributed by atoms with van der Waals surface area (Å²) in [7, 11) is 0. The molecule has 0 N–H and O–H groups in total. The SMILES string of the molecule is O=C(c1cc(COc2ccccc2[N+](=O)[O-])cs1)N1CCN(Cc2ccc(Cl)cc2Cl)CC1. The number of thiophene rings is 1. The van der Waals surface area contributed by atoms with Gasteiger partial charge in [0.15, 0.2) is 5.75 Å². The van der Waals surface area contributed by atoms with Crippen molar-refractivity contribution in [2.24, 2.45) is 0 Å². The smallest absolute Gasteiger partial charge is 0.310 e. The molecule has 172 valence electrons. The highest BCUT2D eigenvalue weighted by Gasteiger charge is 2.24. The van der Waals surface area contributed by atoms with Crippen molar-refractivity contribution in [3.8, 4) is 5.75 Å². The van der Waals surface area contributed by atoms with E-state index in [9.17, 15) is 14.9 Å². The lowest BCUT2D eigenvalue weighted by Gasteiger charge is -2.34. The third-order valence-corrected chi connectivity index (χ3v) is 6.94. The summed E-state index contributed by atoms with van der Waals surface area (Å²) < 4.78 is 5.63. The maximum Gasteiger partial charge on any atom is 0.310 e. The molecule has 3 aromatic rings. The van der Waals surface area contributed by atoms with E-state index in [4.69, 9.17) is 27.9 Å². The fourth-order valence-corrected chi connectivity index (χ4v) is 4.94. The van der Waals surface area contributed by atoms with Crippen molar-refractivity contribution >= 4 is 46.1 Å². The van der Waals surface area contributed by atoms with Crippen molar-refractivity contribution < 1.29 is 14.5 Å². The van der Waals surface area contributed by atoms with Crippen molar-refractivity contribution in [2.75, 3.05) is 26.2 Å². The molecule has 0 unspecified atom stereocenters. The molecule has 0 radical (unpaired) electrons. The largest absolute Gasteiger partial charge is 0.482 e. The summed E-state index contributed by atoms with van der Waals surface area (Å²) in [6.45, 7) is 3.63. The maximum absolute atomic E-state index is 12.9. The molecule has 33 heavy (non-hydrogen) atoms. The number of hydrogen-bond acceptors (Lipinski definition) is 6. The first-order valence-corrected chi connectivity index (χ1v) is 11.9. The monoisotopic (exact) mass is 505 g/mol. The van der Waals surface area contributed by atoms with Crippen LogP contribution in [0.1, 0.15) is 20.8 Å². The summed E-state index contributed by atoms with van der Waals surface area (Å²) >= 11 is 13.6. The summed E-state index contributed by atoms with van der Waals surface area (Å²) in [6, 6.07) is 13.5. The van der Waals surface area contributed by atoms with Crippen LogP contribution in [0.3, 0.4) is 0 Å². The van der Waals surface area contributed by atoms with Gasteiger partial charge in [-0.1, -0.05) is 41.4 Å². The van der Waals surface area contributed by atoms with Gasteiger partial charge < -0.3 is 9.64 Å². The molecule has 2 aromatic carbocycles. The molecule has 1 saturated heterocycles. The van der Waals surface area contributed by atoms with Crippen LogP contribution in [0.25, 0.3) is 0 Å². The van der Waals surface area contributed by atoms with Gasteiger partial charge in [-0.05, 0) is 35.2 Å². The van der Waals surface area contributed by atoms with Gasteiger partial charge in [-0.25, -0.2) is 0 Å². The molecule has 7 nitrogen and oxygen atoms in total. The molecule has 0 atom stereocenters. The molecule has 1 amide bonds. The average molecular weight is 506 g/mol. The number of halogens is 2. The van der Waals surface area contributed by atoms with Crippen LogP contribution in [-0.4, -0.2) is 46.8 Å². The number of rotatable bonds is 7. The Morgan fingerprint density at radius 1 is 1.09 bits per heavy atom. The third kappa shape index (κ3) is 5.83. The predicted molar refractivity (Wildman–Crippen MR) is 129 cm³/mol. The molecule has 0 spiro atoms. The fraction of sp³-hybridized carbons (Fsp3) is 0.261. The Morgan fingerprint density at radius 2 is 1.85 bits per heavy atom. The molecular formula is C23H21Cl2N3O4S. The lowest BCUT2D eigenvalue weighted by molar-refractivity contribution is -0.385. The number of nitrogens with zero attached hydrogens (tertiary/aromatic N) is 3. The predicted octanol–water partition coefficient (Wildman–Crippen LogP) is 5.50. The van der Waals surface area contributed by atoms with Crippen LogP contribution in [0.2, 0.25) is 10.0 Å². The minimum Gasteiger partial charge on any atom is -0.482 e. The zero-order valence-corrected chi connectivity index (χ0v) is 19.9. The highest BCUT2D eigenvalue weighted by Crippen LogP contribution is 2.28. The Hall–Kier alpha value is -2.65. The normalized spacial score (nSPS) is 14.3. The Balaban J connectivity index is 1.30. The second kappa shape index (κ2) is 10.5. The number of nitro benzene ring substituents is 1. The number of nitro groups is 1. The maximum atomic E-state index is 12.9. The summed E-state index contributed by atoms with van der Waals surface area (Å²) in [5.74, 6) is 0.194. The van der Waals surface area contributed by atoms with Gasteiger partial charge in [0.2, 0.25) is 0 Å². The van der Waals surface area contributed by atoms with Crippen LogP contribution in [-0.2, 0) is 13.2 Å². The Morgan fingerprint density at radius 3 is 2.58 bits per heavy atom. The number of hydrogen-bond donors (Lipinski definition) is 0. The van der Waals surface area contributed by atoms with Gasteiger partial charge in [0.25, 0.3) is 5.91 Å². The highest BCUT2D eigenvalue weighted by atomic mass is 35.5. The van der Waals surface area contributed by atoms with Crippen molar-refractivity contribution in [2.45, 2.75) is 13.2 Å². The molecule has 4 rings (SSSR count). The second-order valence-corrected chi connectivity index (χ2v) is 9.39. The third-order valence-electron chi connectivity index (χ3n) is 5.39. The molecule has 1 aromatic heterocycles. The van der Waals surface area contributed by atoms with E-state index in [1.165, 1.54) is 17.4 Å². The first kappa shape index (κ1) is 23.5. The van der Waals surface area contributed by atoms with E-state index in [0.29, 0.717) is 34.6 Å². The van der Waals surface area contributed by atoms with Crippen LogP contribution < -0.4 is 4.74 Å². The Labute approximate surface area is 205 Å². The van der Waals surface area contributed by atoms with E-state index in [0.717, 1.165) is 24.2 Å². The Bertz CT molecular complexity index is 1160. The first-order chi connectivity index (χ1) is 15.9.